The Hall–Kier alpha value is -2.41. The number of aromatic nitrogens is 4. The molecule has 3 aromatic rings. The highest BCUT2D eigenvalue weighted by Crippen LogP contribution is 2.30. The summed E-state index contributed by atoms with van der Waals surface area (Å²) in [6.07, 6.45) is 3.00. The number of carbonyl (C=O) groups is 1. The van der Waals surface area contributed by atoms with E-state index in [1.54, 1.807) is 25.4 Å². The second-order valence-electron chi connectivity index (χ2n) is 4.16. The van der Waals surface area contributed by atoms with Gasteiger partial charge in [-0.25, -0.2) is 19.7 Å². The van der Waals surface area contributed by atoms with Crippen molar-refractivity contribution in [3.8, 4) is 0 Å². The Balaban J connectivity index is 2.01. The lowest BCUT2D eigenvalue weighted by Crippen LogP contribution is -1.99. The lowest BCUT2D eigenvalue weighted by atomic mass is 10.1. The molecule has 0 atom stereocenters. The number of carboxylic acid groups (broad SMARTS) is 1. The molecule has 6 nitrogen and oxygen atoms in total. The maximum Gasteiger partial charge on any atom is 0.335 e. The van der Waals surface area contributed by atoms with E-state index in [0.717, 1.165) is 16.0 Å². The number of benzene rings is 1. The number of carboxylic acids is 1. The molecule has 1 aromatic carbocycles. The minimum absolute atomic E-state index is 0.296. The zero-order valence-electron chi connectivity index (χ0n) is 10.5. The van der Waals surface area contributed by atoms with Crippen molar-refractivity contribution < 1.29 is 9.90 Å². The third kappa shape index (κ3) is 2.23. The molecule has 2 N–H and O–H groups in total. The van der Waals surface area contributed by atoms with Crippen molar-refractivity contribution in [2.24, 2.45) is 0 Å². The predicted molar refractivity (Wildman–Crippen MR) is 73.9 cm³/mol. The number of nitrogens with one attached hydrogen (secondary N) is 1. The summed E-state index contributed by atoms with van der Waals surface area (Å²) in [5.74, 6) is -0.931. The lowest BCUT2D eigenvalue weighted by Gasteiger charge is -2.05. The second-order valence-corrected chi connectivity index (χ2v) is 5.23. The van der Waals surface area contributed by atoms with E-state index in [-0.39, 0.29) is 0 Å². The molecule has 20 heavy (non-hydrogen) atoms. The van der Waals surface area contributed by atoms with Crippen molar-refractivity contribution in [2.75, 3.05) is 0 Å². The van der Waals surface area contributed by atoms with Gasteiger partial charge in [-0.1, -0.05) is 17.8 Å². The summed E-state index contributed by atoms with van der Waals surface area (Å²) in [4.78, 5) is 27.3. The van der Waals surface area contributed by atoms with Crippen LogP contribution in [-0.2, 0) is 0 Å². The highest BCUT2D eigenvalue weighted by Gasteiger charge is 2.11. The Morgan fingerprint density at radius 1 is 1.30 bits per heavy atom. The van der Waals surface area contributed by atoms with Crippen LogP contribution in [0.3, 0.4) is 0 Å². The van der Waals surface area contributed by atoms with Gasteiger partial charge in [0.25, 0.3) is 0 Å². The molecule has 3 rings (SSSR count). The number of fused-ring (bicyclic) bond motifs is 1. The molecule has 0 bridgehead atoms. The summed E-state index contributed by atoms with van der Waals surface area (Å²) in [6, 6.07) is 5.31. The number of H-pyrrole nitrogens is 1. The summed E-state index contributed by atoms with van der Waals surface area (Å²) in [5.41, 5.74) is 2.36. The Kier molecular flexibility index (Phi) is 3.11. The van der Waals surface area contributed by atoms with Crippen LogP contribution in [-0.4, -0.2) is 31.0 Å². The third-order valence-corrected chi connectivity index (χ3v) is 3.83. The van der Waals surface area contributed by atoms with E-state index in [0.29, 0.717) is 16.2 Å². The van der Waals surface area contributed by atoms with Gasteiger partial charge in [-0.15, -0.1) is 0 Å². The molecule has 0 spiro atoms. The van der Waals surface area contributed by atoms with E-state index < -0.39 is 5.97 Å². The van der Waals surface area contributed by atoms with Crippen LogP contribution >= 0.6 is 11.8 Å². The third-order valence-electron chi connectivity index (χ3n) is 2.84. The van der Waals surface area contributed by atoms with Crippen LogP contribution in [0.15, 0.2) is 40.8 Å². The molecular weight excluding hydrogens is 276 g/mol. The summed E-state index contributed by atoms with van der Waals surface area (Å²) in [5, 5.41) is 9.86. The van der Waals surface area contributed by atoms with Gasteiger partial charge in [0.1, 0.15) is 16.9 Å². The molecule has 100 valence electrons. The first-order valence-corrected chi connectivity index (χ1v) is 6.62. The monoisotopic (exact) mass is 286 g/mol. The number of hydrogen-bond donors (Lipinski definition) is 2. The molecule has 0 aliphatic rings. The van der Waals surface area contributed by atoms with E-state index in [1.807, 2.05) is 6.07 Å². The summed E-state index contributed by atoms with van der Waals surface area (Å²) >= 11 is 1.38. The number of rotatable bonds is 3. The number of aryl methyl sites for hydroxylation is 1. The van der Waals surface area contributed by atoms with E-state index in [4.69, 9.17) is 5.11 Å². The maximum absolute atomic E-state index is 11.1. The fourth-order valence-corrected chi connectivity index (χ4v) is 2.72. The Bertz CT molecular complexity index is 800. The first kappa shape index (κ1) is 12.6. The fraction of sp³-hybridized carbons (Fsp3) is 0.0769. The molecular formula is C13H10N4O2S. The summed E-state index contributed by atoms with van der Waals surface area (Å²) < 4.78 is 0. The number of aromatic amines is 1. The van der Waals surface area contributed by atoms with Gasteiger partial charge in [0.15, 0.2) is 5.65 Å². The van der Waals surface area contributed by atoms with Crippen molar-refractivity contribution in [1.29, 1.82) is 0 Å². The fourth-order valence-electron chi connectivity index (χ4n) is 1.83. The van der Waals surface area contributed by atoms with Gasteiger partial charge in [-0.05, 0) is 24.6 Å². The minimum atomic E-state index is -0.931. The van der Waals surface area contributed by atoms with Crippen LogP contribution in [0.1, 0.15) is 15.9 Å². The van der Waals surface area contributed by atoms with Gasteiger partial charge < -0.3 is 10.1 Å². The van der Waals surface area contributed by atoms with Crippen LogP contribution in [0.2, 0.25) is 0 Å². The van der Waals surface area contributed by atoms with Crippen molar-refractivity contribution in [3.05, 3.63) is 42.0 Å². The number of nitrogens with zero attached hydrogens (tertiary/aromatic N) is 3. The van der Waals surface area contributed by atoms with E-state index in [1.165, 1.54) is 18.1 Å². The minimum Gasteiger partial charge on any atom is -0.478 e. The molecule has 0 saturated heterocycles. The highest BCUT2D eigenvalue weighted by atomic mass is 32.2. The van der Waals surface area contributed by atoms with Crippen LogP contribution in [0, 0.1) is 6.92 Å². The maximum atomic E-state index is 11.1. The van der Waals surface area contributed by atoms with Gasteiger partial charge in [0, 0.05) is 4.90 Å². The first-order valence-electron chi connectivity index (χ1n) is 5.81. The molecule has 0 aliphatic heterocycles. The number of aromatic carboxylic acids is 1. The Morgan fingerprint density at radius 2 is 2.15 bits per heavy atom. The van der Waals surface area contributed by atoms with Crippen LogP contribution in [0.25, 0.3) is 11.2 Å². The standard InChI is InChI=1S/C13H10N4O2S/c1-7-2-3-8(4-9(7)13(18)19)20-12-10-11(15-5-14-10)16-6-17-12/h2-6H,1H3,(H,18,19)(H,14,15,16,17). The lowest BCUT2D eigenvalue weighted by molar-refractivity contribution is 0.0696. The second kappa shape index (κ2) is 4.93. The average molecular weight is 286 g/mol. The molecule has 0 saturated carbocycles. The van der Waals surface area contributed by atoms with Gasteiger partial charge in [0.2, 0.25) is 0 Å². The molecule has 7 heteroatoms. The Morgan fingerprint density at radius 3 is 2.95 bits per heavy atom. The molecule has 2 aromatic heterocycles. The van der Waals surface area contributed by atoms with E-state index >= 15 is 0 Å². The Labute approximate surface area is 118 Å². The molecule has 0 fully saturated rings. The number of imidazole rings is 1. The molecule has 0 radical (unpaired) electrons. The summed E-state index contributed by atoms with van der Waals surface area (Å²) in [7, 11) is 0. The molecule has 0 amide bonds. The van der Waals surface area contributed by atoms with Gasteiger partial charge in [0.05, 0.1) is 11.9 Å². The van der Waals surface area contributed by atoms with E-state index in [2.05, 4.69) is 19.9 Å². The topological polar surface area (TPSA) is 91.8 Å². The van der Waals surface area contributed by atoms with Crippen molar-refractivity contribution >= 4 is 28.9 Å². The summed E-state index contributed by atoms with van der Waals surface area (Å²) in [6.45, 7) is 1.77. The largest absolute Gasteiger partial charge is 0.478 e. The first-order chi connectivity index (χ1) is 9.65. The zero-order valence-corrected chi connectivity index (χ0v) is 11.3. The van der Waals surface area contributed by atoms with Crippen molar-refractivity contribution in [2.45, 2.75) is 16.8 Å². The predicted octanol–water partition coefficient (Wildman–Crippen LogP) is 2.51. The smallest absolute Gasteiger partial charge is 0.335 e. The SMILES string of the molecule is Cc1ccc(Sc2ncnc3nc[nH]c23)cc1C(=O)O. The van der Waals surface area contributed by atoms with Gasteiger partial charge in [-0.2, -0.15) is 0 Å². The van der Waals surface area contributed by atoms with Crippen molar-refractivity contribution in [3.63, 3.8) is 0 Å². The molecule has 2 heterocycles. The normalized spacial score (nSPS) is 10.8. The number of hydrogen-bond acceptors (Lipinski definition) is 5. The zero-order chi connectivity index (χ0) is 14.1. The average Bonchev–Trinajstić information content (AvgIpc) is 2.90. The van der Waals surface area contributed by atoms with E-state index in [9.17, 15) is 4.79 Å². The highest BCUT2D eigenvalue weighted by molar-refractivity contribution is 7.99. The quantitative estimate of drug-likeness (QED) is 0.719. The van der Waals surface area contributed by atoms with Gasteiger partial charge in [-0.3, -0.25) is 0 Å². The van der Waals surface area contributed by atoms with Crippen LogP contribution in [0.4, 0.5) is 0 Å². The molecule has 0 unspecified atom stereocenters. The molecule has 0 aliphatic carbocycles. The van der Waals surface area contributed by atoms with Crippen LogP contribution < -0.4 is 0 Å². The van der Waals surface area contributed by atoms with Crippen molar-refractivity contribution in [1.82, 2.24) is 19.9 Å². The van der Waals surface area contributed by atoms with Gasteiger partial charge >= 0.3 is 5.97 Å². The van der Waals surface area contributed by atoms with Crippen LogP contribution in [0.5, 0.6) is 0 Å².